The van der Waals surface area contributed by atoms with Crippen LogP contribution in [0.15, 0.2) is 30.3 Å². The van der Waals surface area contributed by atoms with E-state index >= 15 is 0 Å². The molecule has 1 aromatic heterocycles. The number of nitrogens with one attached hydrogen (secondary N) is 2. The molecule has 1 atom stereocenters. The molecular formula is C16H20FN3O2. The molecule has 22 heavy (non-hydrogen) atoms. The summed E-state index contributed by atoms with van der Waals surface area (Å²) in [5.74, 6) is -0.737. The number of halogens is 1. The van der Waals surface area contributed by atoms with Gasteiger partial charge in [0.05, 0.1) is 6.10 Å². The van der Waals surface area contributed by atoms with E-state index in [1.807, 2.05) is 20.8 Å². The fourth-order valence-electron chi connectivity index (χ4n) is 1.90. The van der Waals surface area contributed by atoms with E-state index in [1.54, 1.807) is 6.07 Å². The number of carbonyl (C=O) groups excluding carboxylic acids is 1. The van der Waals surface area contributed by atoms with E-state index < -0.39 is 6.10 Å². The van der Waals surface area contributed by atoms with Gasteiger partial charge in [-0.05, 0) is 23.8 Å². The molecule has 0 aliphatic heterocycles. The average Bonchev–Trinajstić information content (AvgIpc) is 2.95. The minimum absolute atomic E-state index is 0.0299. The first-order valence-electron chi connectivity index (χ1n) is 7.05. The minimum atomic E-state index is -0.898. The van der Waals surface area contributed by atoms with Gasteiger partial charge in [-0.3, -0.25) is 9.89 Å². The number of aromatic nitrogens is 2. The van der Waals surface area contributed by atoms with Gasteiger partial charge in [-0.1, -0.05) is 32.9 Å². The van der Waals surface area contributed by atoms with Gasteiger partial charge in [-0.25, -0.2) is 4.39 Å². The SMILES string of the molecule is CC(C)(C)c1cc(C(=O)NCC(O)c2ccc(F)cc2)n[nH]1. The van der Waals surface area contributed by atoms with Crippen LogP contribution in [-0.4, -0.2) is 27.8 Å². The minimum Gasteiger partial charge on any atom is -0.387 e. The predicted octanol–water partition coefficient (Wildman–Crippen LogP) is 2.31. The maximum Gasteiger partial charge on any atom is 0.271 e. The molecular weight excluding hydrogens is 285 g/mol. The van der Waals surface area contributed by atoms with Gasteiger partial charge in [-0.2, -0.15) is 5.10 Å². The quantitative estimate of drug-likeness (QED) is 0.811. The number of hydrogen-bond acceptors (Lipinski definition) is 3. The van der Waals surface area contributed by atoms with Gasteiger partial charge in [0.2, 0.25) is 0 Å². The summed E-state index contributed by atoms with van der Waals surface area (Å²) < 4.78 is 12.8. The molecule has 0 radical (unpaired) electrons. The van der Waals surface area contributed by atoms with Gasteiger partial charge in [0.15, 0.2) is 0 Å². The lowest BCUT2D eigenvalue weighted by Gasteiger charge is -2.14. The smallest absolute Gasteiger partial charge is 0.271 e. The van der Waals surface area contributed by atoms with Gasteiger partial charge >= 0.3 is 0 Å². The van der Waals surface area contributed by atoms with Crippen molar-refractivity contribution in [3.63, 3.8) is 0 Å². The summed E-state index contributed by atoms with van der Waals surface area (Å²) in [4.78, 5) is 12.0. The number of amides is 1. The van der Waals surface area contributed by atoms with Crippen LogP contribution in [0.4, 0.5) is 4.39 Å². The number of hydrogen-bond donors (Lipinski definition) is 3. The monoisotopic (exact) mass is 305 g/mol. The largest absolute Gasteiger partial charge is 0.387 e. The lowest BCUT2D eigenvalue weighted by molar-refractivity contribution is 0.0911. The number of carbonyl (C=O) groups is 1. The Labute approximate surface area is 128 Å². The van der Waals surface area contributed by atoms with Crippen molar-refractivity contribution < 1.29 is 14.3 Å². The Bertz CT molecular complexity index is 644. The molecule has 0 saturated carbocycles. The topological polar surface area (TPSA) is 78.0 Å². The fraction of sp³-hybridized carbons (Fsp3) is 0.375. The van der Waals surface area contributed by atoms with Crippen LogP contribution >= 0.6 is 0 Å². The van der Waals surface area contributed by atoms with Crippen molar-refractivity contribution in [3.8, 4) is 0 Å². The molecule has 1 heterocycles. The van der Waals surface area contributed by atoms with Crippen LogP contribution in [0.3, 0.4) is 0 Å². The van der Waals surface area contributed by atoms with Crippen molar-refractivity contribution >= 4 is 5.91 Å². The Hall–Kier alpha value is -2.21. The molecule has 1 aromatic carbocycles. The van der Waals surface area contributed by atoms with E-state index in [1.165, 1.54) is 24.3 Å². The van der Waals surface area contributed by atoms with Gasteiger partial charge in [-0.15, -0.1) is 0 Å². The molecule has 0 saturated heterocycles. The normalized spacial score (nSPS) is 13.0. The summed E-state index contributed by atoms with van der Waals surface area (Å²) in [7, 11) is 0. The van der Waals surface area contributed by atoms with Crippen molar-refractivity contribution in [2.45, 2.75) is 32.3 Å². The highest BCUT2D eigenvalue weighted by Crippen LogP contribution is 2.20. The summed E-state index contributed by atoms with van der Waals surface area (Å²) in [5, 5.41) is 19.4. The number of aromatic amines is 1. The van der Waals surface area contributed by atoms with Gasteiger partial charge < -0.3 is 10.4 Å². The van der Waals surface area contributed by atoms with E-state index in [2.05, 4.69) is 15.5 Å². The first-order valence-corrected chi connectivity index (χ1v) is 7.05. The van der Waals surface area contributed by atoms with E-state index in [0.717, 1.165) is 5.69 Å². The zero-order valence-electron chi connectivity index (χ0n) is 12.9. The van der Waals surface area contributed by atoms with Crippen molar-refractivity contribution in [2.24, 2.45) is 0 Å². The lowest BCUT2D eigenvalue weighted by atomic mass is 9.92. The van der Waals surface area contributed by atoms with Crippen LogP contribution in [0.2, 0.25) is 0 Å². The van der Waals surface area contributed by atoms with E-state index in [-0.39, 0.29) is 29.4 Å². The maximum atomic E-state index is 12.8. The zero-order valence-corrected chi connectivity index (χ0v) is 12.9. The molecule has 0 aliphatic carbocycles. The first-order chi connectivity index (χ1) is 10.3. The Morgan fingerprint density at radius 3 is 2.55 bits per heavy atom. The highest BCUT2D eigenvalue weighted by atomic mass is 19.1. The summed E-state index contributed by atoms with van der Waals surface area (Å²) in [6.45, 7) is 6.07. The molecule has 0 aliphatic rings. The van der Waals surface area contributed by atoms with Gasteiger partial charge in [0, 0.05) is 17.7 Å². The number of benzene rings is 1. The predicted molar refractivity (Wildman–Crippen MR) is 81.0 cm³/mol. The summed E-state index contributed by atoms with van der Waals surface area (Å²) in [6.07, 6.45) is -0.898. The Kier molecular flexibility index (Phi) is 4.61. The molecule has 118 valence electrons. The number of rotatable bonds is 4. The van der Waals surface area contributed by atoms with Gasteiger partial charge in [0.1, 0.15) is 11.5 Å². The van der Waals surface area contributed by atoms with E-state index in [4.69, 9.17) is 0 Å². The zero-order chi connectivity index (χ0) is 16.3. The molecule has 6 heteroatoms. The number of aliphatic hydroxyl groups excluding tert-OH is 1. The van der Waals surface area contributed by atoms with Crippen molar-refractivity contribution in [1.82, 2.24) is 15.5 Å². The molecule has 1 unspecified atom stereocenters. The van der Waals surface area contributed by atoms with E-state index in [9.17, 15) is 14.3 Å². The third-order valence-electron chi connectivity index (χ3n) is 3.33. The molecule has 0 spiro atoms. The van der Waals surface area contributed by atoms with Crippen LogP contribution in [-0.2, 0) is 5.41 Å². The number of H-pyrrole nitrogens is 1. The lowest BCUT2D eigenvalue weighted by Crippen LogP contribution is -2.28. The standard InChI is InChI=1S/C16H20FN3O2/c1-16(2,3)14-8-12(19-20-14)15(22)18-9-13(21)10-4-6-11(17)7-5-10/h4-8,13,21H,9H2,1-3H3,(H,18,22)(H,19,20). The van der Waals surface area contributed by atoms with Crippen molar-refractivity contribution in [1.29, 1.82) is 0 Å². The Balaban J connectivity index is 1.95. The molecule has 2 rings (SSSR count). The fourth-order valence-corrected chi connectivity index (χ4v) is 1.90. The second kappa shape index (κ2) is 6.27. The number of aliphatic hydroxyl groups is 1. The molecule has 2 aromatic rings. The third-order valence-corrected chi connectivity index (χ3v) is 3.33. The molecule has 1 amide bonds. The highest BCUT2D eigenvalue weighted by Gasteiger charge is 2.19. The van der Waals surface area contributed by atoms with Crippen LogP contribution in [0.25, 0.3) is 0 Å². The Morgan fingerprint density at radius 1 is 1.36 bits per heavy atom. The molecule has 3 N–H and O–H groups in total. The maximum absolute atomic E-state index is 12.8. The summed E-state index contributed by atoms with van der Waals surface area (Å²) in [5.41, 5.74) is 1.55. The molecule has 0 fully saturated rings. The van der Waals surface area contributed by atoms with Crippen LogP contribution in [0, 0.1) is 5.82 Å². The molecule has 0 bridgehead atoms. The van der Waals surface area contributed by atoms with E-state index in [0.29, 0.717) is 5.56 Å². The average molecular weight is 305 g/mol. The highest BCUT2D eigenvalue weighted by molar-refractivity contribution is 5.92. The number of nitrogens with zero attached hydrogens (tertiary/aromatic N) is 1. The first kappa shape index (κ1) is 16.2. The summed E-state index contributed by atoms with van der Waals surface area (Å²) in [6, 6.07) is 7.20. The molecule has 5 nitrogen and oxygen atoms in total. The van der Waals surface area contributed by atoms with Crippen LogP contribution in [0.5, 0.6) is 0 Å². The second-order valence-electron chi connectivity index (χ2n) is 6.19. The summed E-state index contributed by atoms with van der Waals surface area (Å²) >= 11 is 0. The second-order valence-corrected chi connectivity index (χ2v) is 6.19. The van der Waals surface area contributed by atoms with Crippen LogP contribution < -0.4 is 5.32 Å². The third kappa shape index (κ3) is 3.92. The van der Waals surface area contributed by atoms with Crippen molar-refractivity contribution in [3.05, 3.63) is 53.1 Å². The van der Waals surface area contributed by atoms with Gasteiger partial charge in [0.25, 0.3) is 5.91 Å². The Morgan fingerprint density at radius 2 is 2.00 bits per heavy atom. The van der Waals surface area contributed by atoms with Crippen molar-refractivity contribution in [2.75, 3.05) is 6.54 Å². The van der Waals surface area contributed by atoms with Crippen LogP contribution in [0.1, 0.15) is 48.6 Å².